The summed E-state index contributed by atoms with van der Waals surface area (Å²) >= 11 is 0. The van der Waals surface area contributed by atoms with Gasteiger partial charge in [0.15, 0.2) is 0 Å². The number of hydrogen-bond donors (Lipinski definition) is 2. The van der Waals surface area contributed by atoms with E-state index in [1.54, 1.807) is 6.33 Å². The summed E-state index contributed by atoms with van der Waals surface area (Å²) in [6.45, 7) is 3.99. The molecule has 0 spiro atoms. The molecule has 0 atom stereocenters. The Balaban J connectivity index is 1.49. The first-order chi connectivity index (χ1) is 11.6. The Kier molecular flexibility index (Phi) is 3.73. The van der Waals surface area contributed by atoms with Gasteiger partial charge in [-0.3, -0.25) is 0 Å². The van der Waals surface area contributed by atoms with Crippen molar-refractivity contribution in [2.24, 2.45) is 5.73 Å². The van der Waals surface area contributed by atoms with Gasteiger partial charge in [0.05, 0.1) is 5.39 Å². The number of nitrogens with one attached hydrogen (secondary N) is 1. The molecule has 3 heterocycles. The Hall–Kier alpha value is -2.40. The van der Waals surface area contributed by atoms with Crippen LogP contribution in [0, 0.1) is 6.92 Å². The Bertz CT molecular complexity index is 846. The lowest BCUT2D eigenvalue weighted by Gasteiger charge is -2.40. The van der Waals surface area contributed by atoms with Crippen molar-refractivity contribution < 1.29 is 0 Å². The lowest BCUT2D eigenvalue weighted by atomic mass is 9.82. The lowest BCUT2D eigenvalue weighted by molar-refractivity contribution is 0.330. The van der Waals surface area contributed by atoms with Gasteiger partial charge in [-0.2, -0.15) is 0 Å². The molecule has 3 aromatic rings. The van der Waals surface area contributed by atoms with Gasteiger partial charge < -0.3 is 15.6 Å². The van der Waals surface area contributed by atoms with Crippen LogP contribution in [0.1, 0.15) is 24.0 Å². The third-order valence-electron chi connectivity index (χ3n) is 5.03. The van der Waals surface area contributed by atoms with Crippen molar-refractivity contribution in [3.8, 4) is 0 Å². The second kappa shape index (κ2) is 5.91. The van der Waals surface area contributed by atoms with Crippen LogP contribution in [0.4, 0.5) is 5.82 Å². The second-order valence-electron chi connectivity index (χ2n) is 6.95. The number of hydrogen-bond acceptors (Lipinski definition) is 4. The minimum absolute atomic E-state index is 0.130. The summed E-state index contributed by atoms with van der Waals surface area (Å²) in [6.07, 6.45) is 6.42. The zero-order valence-electron chi connectivity index (χ0n) is 14.0. The summed E-state index contributed by atoms with van der Waals surface area (Å²) in [5, 5.41) is 1.08. The molecule has 1 aliphatic heterocycles. The topological polar surface area (TPSA) is 70.8 Å². The zero-order valence-corrected chi connectivity index (χ0v) is 14.0. The maximum atomic E-state index is 6.71. The van der Waals surface area contributed by atoms with E-state index < -0.39 is 0 Å². The molecule has 0 aliphatic carbocycles. The molecule has 0 saturated carbocycles. The largest absolute Gasteiger partial charge is 0.356 e. The summed E-state index contributed by atoms with van der Waals surface area (Å²) in [5.41, 5.74) is 10.1. The van der Waals surface area contributed by atoms with Crippen molar-refractivity contribution in [1.29, 1.82) is 0 Å². The monoisotopic (exact) mass is 321 g/mol. The first-order valence-electron chi connectivity index (χ1n) is 8.50. The van der Waals surface area contributed by atoms with E-state index in [2.05, 4.69) is 51.0 Å². The van der Waals surface area contributed by atoms with Gasteiger partial charge in [0, 0.05) is 24.8 Å². The third kappa shape index (κ3) is 2.87. The van der Waals surface area contributed by atoms with Crippen molar-refractivity contribution in [2.75, 3.05) is 18.0 Å². The predicted molar refractivity (Wildman–Crippen MR) is 97.1 cm³/mol. The molecule has 3 N–H and O–H groups in total. The van der Waals surface area contributed by atoms with Gasteiger partial charge in [-0.15, -0.1) is 0 Å². The third-order valence-corrected chi connectivity index (χ3v) is 5.03. The van der Waals surface area contributed by atoms with Crippen molar-refractivity contribution >= 4 is 16.9 Å². The maximum absolute atomic E-state index is 6.71. The van der Waals surface area contributed by atoms with Crippen LogP contribution in [0.2, 0.25) is 0 Å². The SMILES string of the molecule is Cc1cccc(CC2(N)CCN(c3ncnc4[nH]ccc34)CC2)c1. The molecule has 1 aliphatic rings. The quantitative estimate of drug-likeness (QED) is 0.778. The summed E-state index contributed by atoms with van der Waals surface area (Å²) in [6, 6.07) is 10.7. The van der Waals surface area contributed by atoms with Crippen LogP contribution in [0.15, 0.2) is 42.9 Å². The first kappa shape index (κ1) is 15.1. The fourth-order valence-electron chi connectivity index (χ4n) is 3.68. The highest BCUT2D eigenvalue weighted by molar-refractivity contribution is 5.87. The Morgan fingerprint density at radius 3 is 2.83 bits per heavy atom. The maximum Gasteiger partial charge on any atom is 0.142 e. The Morgan fingerprint density at radius 1 is 1.21 bits per heavy atom. The number of fused-ring (bicyclic) bond motifs is 1. The smallest absolute Gasteiger partial charge is 0.142 e. The van der Waals surface area contributed by atoms with E-state index in [4.69, 9.17) is 5.73 Å². The van der Waals surface area contributed by atoms with Crippen LogP contribution in [0.25, 0.3) is 11.0 Å². The fraction of sp³-hybridized carbons (Fsp3) is 0.368. The molecule has 1 saturated heterocycles. The molecule has 0 bridgehead atoms. The van der Waals surface area contributed by atoms with Gasteiger partial charge in [0.2, 0.25) is 0 Å². The van der Waals surface area contributed by atoms with Crippen molar-refractivity contribution in [1.82, 2.24) is 15.0 Å². The van der Waals surface area contributed by atoms with Crippen LogP contribution < -0.4 is 10.6 Å². The number of aromatic nitrogens is 3. The molecule has 24 heavy (non-hydrogen) atoms. The number of aromatic amines is 1. The fourth-order valence-corrected chi connectivity index (χ4v) is 3.68. The molecule has 124 valence electrons. The van der Waals surface area contributed by atoms with Gasteiger partial charge in [-0.1, -0.05) is 29.8 Å². The minimum Gasteiger partial charge on any atom is -0.356 e. The van der Waals surface area contributed by atoms with E-state index in [1.807, 2.05) is 12.3 Å². The summed E-state index contributed by atoms with van der Waals surface area (Å²) in [4.78, 5) is 14.3. The lowest BCUT2D eigenvalue weighted by Crippen LogP contribution is -2.52. The Labute approximate surface area is 141 Å². The highest BCUT2D eigenvalue weighted by Crippen LogP contribution is 2.29. The summed E-state index contributed by atoms with van der Waals surface area (Å²) < 4.78 is 0. The van der Waals surface area contributed by atoms with E-state index in [0.29, 0.717) is 0 Å². The molecule has 4 rings (SSSR count). The normalized spacial score (nSPS) is 17.3. The average Bonchev–Trinajstić information content (AvgIpc) is 3.04. The number of aryl methyl sites for hydroxylation is 1. The number of nitrogens with two attached hydrogens (primary N) is 1. The van der Waals surface area contributed by atoms with Crippen LogP contribution in [-0.4, -0.2) is 33.6 Å². The summed E-state index contributed by atoms with van der Waals surface area (Å²) in [5.74, 6) is 1.01. The van der Waals surface area contributed by atoms with Crippen LogP contribution in [0.3, 0.4) is 0 Å². The van der Waals surface area contributed by atoms with Crippen LogP contribution in [0.5, 0.6) is 0 Å². The number of nitrogens with zero attached hydrogens (tertiary/aromatic N) is 3. The molecule has 1 aromatic carbocycles. The highest BCUT2D eigenvalue weighted by atomic mass is 15.2. The molecule has 5 heteroatoms. The molecule has 1 fully saturated rings. The van der Waals surface area contributed by atoms with E-state index in [-0.39, 0.29) is 5.54 Å². The number of rotatable bonds is 3. The van der Waals surface area contributed by atoms with Crippen LogP contribution >= 0.6 is 0 Å². The first-order valence-corrected chi connectivity index (χ1v) is 8.50. The van der Waals surface area contributed by atoms with Crippen molar-refractivity contribution in [3.63, 3.8) is 0 Å². The number of piperidine rings is 1. The predicted octanol–water partition coefficient (Wildman–Crippen LogP) is 2.81. The molecule has 2 aromatic heterocycles. The van der Waals surface area contributed by atoms with Gasteiger partial charge in [0.25, 0.3) is 0 Å². The van der Waals surface area contributed by atoms with Gasteiger partial charge in [-0.05, 0) is 37.8 Å². The molecule has 0 amide bonds. The number of anilines is 1. The summed E-state index contributed by atoms with van der Waals surface area (Å²) in [7, 11) is 0. The molecule has 0 unspecified atom stereocenters. The van der Waals surface area contributed by atoms with Gasteiger partial charge in [-0.25, -0.2) is 9.97 Å². The van der Waals surface area contributed by atoms with E-state index in [1.165, 1.54) is 11.1 Å². The molecular weight excluding hydrogens is 298 g/mol. The highest BCUT2D eigenvalue weighted by Gasteiger charge is 2.31. The van der Waals surface area contributed by atoms with Crippen LogP contribution in [-0.2, 0) is 6.42 Å². The van der Waals surface area contributed by atoms with Gasteiger partial charge >= 0.3 is 0 Å². The van der Waals surface area contributed by atoms with E-state index in [0.717, 1.165) is 49.2 Å². The molecule has 5 nitrogen and oxygen atoms in total. The molecular formula is C19H23N5. The standard InChI is InChI=1S/C19H23N5/c1-14-3-2-4-15(11-14)12-19(20)6-9-24(10-7-19)18-16-5-8-21-17(16)22-13-23-18/h2-5,8,11,13H,6-7,9-10,12,20H2,1H3,(H,21,22,23). The van der Waals surface area contributed by atoms with Crippen molar-refractivity contribution in [2.45, 2.75) is 31.7 Å². The average molecular weight is 321 g/mol. The van der Waals surface area contributed by atoms with E-state index >= 15 is 0 Å². The van der Waals surface area contributed by atoms with E-state index in [9.17, 15) is 0 Å². The minimum atomic E-state index is -0.130. The molecule has 0 radical (unpaired) electrons. The second-order valence-corrected chi connectivity index (χ2v) is 6.95. The number of benzene rings is 1. The zero-order chi connectivity index (χ0) is 16.6. The van der Waals surface area contributed by atoms with Gasteiger partial charge in [0.1, 0.15) is 17.8 Å². The van der Waals surface area contributed by atoms with Crippen molar-refractivity contribution in [3.05, 3.63) is 54.0 Å². The Morgan fingerprint density at radius 2 is 2.04 bits per heavy atom. The number of H-pyrrole nitrogens is 1.